The number of carbonyl (C=O) groups is 1. The highest BCUT2D eigenvalue weighted by Crippen LogP contribution is 2.42. The Labute approximate surface area is 467 Å². The fourth-order valence-electron chi connectivity index (χ4n) is 9.45. The number of halogens is 5. The predicted octanol–water partition coefficient (Wildman–Crippen LogP) is 11.2. The lowest BCUT2D eigenvalue weighted by Crippen LogP contribution is -2.50. The molecule has 3 N–H and O–H groups in total. The number of hydrogen-bond donors (Lipinski definition) is 3. The van der Waals surface area contributed by atoms with E-state index in [0.717, 1.165) is 43.8 Å². The summed E-state index contributed by atoms with van der Waals surface area (Å²) in [4.78, 5) is 18.0. The molecule has 0 radical (unpaired) electrons. The van der Waals surface area contributed by atoms with Crippen LogP contribution in [0.2, 0.25) is 0 Å². The third-order valence-electron chi connectivity index (χ3n) is 13.4. The van der Waals surface area contributed by atoms with Crippen LogP contribution in [0.25, 0.3) is 20.9 Å². The average molecular weight is 1220 g/mol. The molecule has 7 heterocycles. The van der Waals surface area contributed by atoms with E-state index in [4.69, 9.17) is 33.2 Å². The van der Waals surface area contributed by atoms with E-state index in [1.807, 2.05) is 57.2 Å². The molecule has 77 heavy (non-hydrogen) atoms. The molecule has 414 valence electrons. The van der Waals surface area contributed by atoms with Crippen LogP contribution in [0.5, 0.6) is 0 Å². The smallest absolute Gasteiger partial charge is 0.254 e. The highest BCUT2D eigenvalue weighted by atomic mass is 127. The molecule has 1 amide bonds. The molecule has 5 saturated heterocycles. The second kappa shape index (κ2) is 25.1. The maximum Gasteiger partial charge on any atom is 0.254 e. The minimum atomic E-state index is -1.06. The lowest BCUT2D eigenvalue weighted by molar-refractivity contribution is -0.226. The Kier molecular flexibility index (Phi) is 19.2. The second-order valence-electron chi connectivity index (χ2n) is 19.9. The van der Waals surface area contributed by atoms with Crippen LogP contribution in [0, 0.1) is 40.7 Å². The zero-order chi connectivity index (χ0) is 55.5. The van der Waals surface area contributed by atoms with Crippen molar-refractivity contribution in [1.82, 2.24) is 4.90 Å². The molecule has 4 aromatic carbocycles. The molecule has 5 fully saturated rings. The topological polar surface area (TPSA) is 146 Å². The molecule has 0 aliphatic carbocycles. The van der Waals surface area contributed by atoms with Crippen LogP contribution in [-0.4, -0.2) is 113 Å². The van der Waals surface area contributed by atoms with Gasteiger partial charge in [0.1, 0.15) is 36.6 Å². The average Bonchev–Trinajstić information content (AvgIpc) is 4.35. The van der Waals surface area contributed by atoms with Crippen molar-refractivity contribution in [3.63, 3.8) is 0 Å². The van der Waals surface area contributed by atoms with Crippen molar-refractivity contribution in [1.29, 1.82) is 0 Å². The molecular weight excluding hydrogens is 1150 g/mol. The number of aliphatic hydroxyl groups is 3. The van der Waals surface area contributed by atoms with Crippen molar-refractivity contribution in [3.8, 4) is 20.9 Å². The highest BCUT2D eigenvalue weighted by molar-refractivity contribution is 14.1. The molecule has 12 nitrogen and oxygen atoms in total. The van der Waals surface area contributed by atoms with Gasteiger partial charge >= 0.3 is 0 Å². The van der Waals surface area contributed by atoms with Crippen LogP contribution in [0.4, 0.5) is 17.6 Å². The summed E-state index contributed by atoms with van der Waals surface area (Å²) in [5.74, 6) is -5.21. The van der Waals surface area contributed by atoms with Gasteiger partial charge < -0.3 is 53.4 Å². The van der Waals surface area contributed by atoms with Crippen LogP contribution >= 0.6 is 45.3 Å². The fourth-order valence-corrected chi connectivity index (χ4v) is 12.1. The van der Waals surface area contributed by atoms with Crippen LogP contribution in [-0.2, 0) is 50.8 Å². The van der Waals surface area contributed by atoms with Crippen molar-refractivity contribution < 1.29 is 70.8 Å². The summed E-state index contributed by atoms with van der Waals surface area (Å²) in [6.07, 6.45) is -6.06. The largest absolute Gasteiger partial charge is 0.387 e. The molecule has 2 aromatic heterocycles. The fraction of sp³-hybridized carbons (Fsp3) is 0.431. The lowest BCUT2D eigenvalue weighted by atomic mass is 9.94. The van der Waals surface area contributed by atoms with Gasteiger partial charge in [-0.15, -0.1) is 22.7 Å². The minimum Gasteiger partial charge on any atom is -0.387 e. The first-order valence-electron chi connectivity index (χ1n) is 25.5. The molecule has 5 aliphatic rings. The quantitative estimate of drug-likeness (QED) is 0.0939. The summed E-state index contributed by atoms with van der Waals surface area (Å²) in [5.41, 5.74) is 6.60. The van der Waals surface area contributed by atoms with Crippen molar-refractivity contribution >= 4 is 51.2 Å². The first-order valence-corrected chi connectivity index (χ1v) is 28.2. The van der Waals surface area contributed by atoms with Crippen molar-refractivity contribution in [2.75, 3.05) is 26.3 Å². The van der Waals surface area contributed by atoms with Crippen molar-refractivity contribution in [2.24, 2.45) is 0 Å². The summed E-state index contributed by atoms with van der Waals surface area (Å²) in [6.45, 7) is 17.2. The Morgan fingerprint density at radius 1 is 0.649 bits per heavy atom. The molecule has 0 bridgehead atoms. The minimum absolute atomic E-state index is 0.227. The number of aliphatic hydroxyl groups excluding tert-OH is 3. The Balaban J connectivity index is 0.000000158. The van der Waals surface area contributed by atoms with Gasteiger partial charge in [-0.05, 0) is 164 Å². The number of ether oxygens (including phenoxy) is 7. The SMILES string of the molecule is CC.CC1(C)O[C@@H]2O[C@@H](C(=O)N3CCOCC3)[C@@H](O)[C@@H]2O1.Cc1ccc(C(O)[C@@H]2O[C@H]3OC(C)(C)O[C@H]3[C@@H]2O)cc1Cc1ccc(-c2ccc(F)c(F)c2)s1.Cc1ccc(I)cc1Cc1ccc(-c2ccc(F)c(F)c2)s1. The summed E-state index contributed by atoms with van der Waals surface area (Å²) in [6, 6.07) is 27.9. The van der Waals surface area contributed by atoms with Crippen LogP contribution in [0.15, 0.2) is 97.1 Å². The number of benzene rings is 4. The van der Waals surface area contributed by atoms with E-state index in [9.17, 15) is 37.7 Å². The molecule has 9 atom stereocenters. The number of rotatable bonds is 9. The number of morpholine rings is 1. The predicted molar refractivity (Wildman–Crippen MR) is 293 cm³/mol. The van der Waals surface area contributed by atoms with Gasteiger partial charge in [-0.2, -0.15) is 0 Å². The molecule has 6 aromatic rings. The zero-order valence-electron chi connectivity index (χ0n) is 43.9. The third kappa shape index (κ3) is 14.0. The molecule has 0 spiro atoms. The molecule has 0 saturated carbocycles. The van der Waals surface area contributed by atoms with Gasteiger partial charge in [0.05, 0.1) is 13.2 Å². The van der Waals surface area contributed by atoms with Crippen molar-refractivity contribution in [3.05, 3.63) is 161 Å². The Hall–Kier alpha value is -4.20. The normalized spacial score (nSPS) is 25.1. The standard InChI is InChI=1S/C26H26F2O5S.C18H13F2IS.C12H19NO6.C2H6/c1-13-4-5-15(21(29)23-22(30)24-25(31-23)33-26(2,3)32-24)10-16(13)11-17-7-9-20(34-17)14-6-8-18(27)19(28)12-14;1-11-2-4-14(21)8-13(11)9-15-5-7-18(22-15)12-3-6-16(19)17(20)10-12;1-12(2)18-9-7(14)8(17-11(9)19-12)10(15)13-3-5-16-6-4-13;1-2/h4-10,12,21-25,29-30H,11H2,1-3H3;2-8,10H,9H2,1H3;7-9,11,14H,3-6H2,1-2H3;1-2H3/t21?,22-,23+,24+,25+;;7-,8-,9+,11+;/m1.1./s1. The van der Waals surface area contributed by atoms with Crippen LogP contribution in [0.1, 0.15) is 85.2 Å². The van der Waals surface area contributed by atoms with Crippen LogP contribution in [0.3, 0.4) is 0 Å². The number of aryl methyl sites for hydroxylation is 2. The third-order valence-corrected chi connectivity index (χ3v) is 16.4. The number of hydrogen-bond acceptors (Lipinski definition) is 13. The number of thiophene rings is 2. The number of amides is 1. The molecule has 19 heteroatoms. The van der Waals surface area contributed by atoms with E-state index in [2.05, 4.69) is 53.8 Å². The summed E-state index contributed by atoms with van der Waals surface area (Å²) in [7, 11) is 0. The van der Waals surface area contributed by atoms with E-state index < -0.39 is 90.2 Å². The number of fused-ring (bicyclic) bond motifs is 2. The van der Waals surface area contributed by atoms with E-state index in [0.29, 0.717) is 43.9 Å². The monoisotopic (exact) mass is 1220 g/mol. The van der Waals surface area contributed by atoms with E-state index in [-0.39, 0.29) is 5.91 Å². The van der Waals surface area contributed by atoms with Gasteiger partial charge in [-0.1, -0.05) is 50.2 Å². The zero-order valence-corrected chi connectivity index (χ0v) is 47.7. The Morgan fingerprint density at radius 3 is 1.65 bits per heavy atom. The summed E-state index contributed by atoms with van der Waals surface area (Å²) in [5, 5.41) is 31.9. The Morgan fingerprint density at radius 2 is 1.14 bits per heavy atom. The van der Waals surface area contributed by atoms with Crippen LogP contribution < -0.4 is 0 Å². The Bertz CT molecular complexity index is 3000. The number of carbonyl (C=O) groups excluding carboxylic acids is 1. The maximum absolute atomic E-state index is 13.6. The van der Waals surface area contributed by atoms with Crippen molar-refractivity contribution in [2.45, 2.75) is 135 Å². The maximum atomic E-state index is 13.6. The van der Waals surface area contributed by atoms with Gasteiger partial charge in [0.2, 0.25) is 0 Å². The second-order valence-corrected chi connectivity index (χ2v) is 23.4. The summed E-state index contributed by atoms with van der Waals surface area (Å²) >= 11 is 5.44. The number of nitrogens with zero attached hydrogens (tertiary/aromatic N) is 1. The highest BCUT2D eigenvalue weighted by Gasteiger charge is 2.58. The molecule has 1 unspecified atom stereocenters. The molecular formula is C58H64F4INO11S2. The first kappa shape index (κ1) is 58.9. The van der Waals surface area contributed by atoms with Gasteiger partial charge in [-0.25, -0.2) is 17.6 Å². The van der Waals surface area contributed by atoms with E-state index >= 15 is 0 Å². The summed E-state index contributed by atoms with van der Waals surface area (Å²) < 4.78 is 93.5. The van der Waals surface area contributed by atoms with E-state index in [1.54, 1.807) is 56.1 Å². The molecule has 5 aliphatic heterocycles. The molecule has 11 rings (SSSR count). The lowest BCUT2D eigenvalue weighted by Gasteiger charge is -2.30. The van der Waals surface area contributed by atoms with Gasteiger partial charge in [0, 0.05) is 49.0 Å². The van der Waals surface area contributed by atoms with E-state index in [1.165, 1.54) is 49.1 Å². The first-order chi connectivity index (χ1) is 36.6. The van der Waals surface area contributed by atoms with Gasteiger partial charge in [-0.3, -0.25) is 4.79 Å². The van der Waals surface area contributed by atoms with Gasteiger partial charge in [0.25, 0.3) is 5.91 Å². The van der Waals surface area contributed by atoms with Gasteiger partial charge in [0.15, 0.2) is 53.5 Å².